The number of urea groups is 1. The van der Waals surface area contributed by atoms with Gasteiger partial charge in [-0.2, -0.15) is 0 Å². The lowest BCUT2D eigenvalue weighted by Crippen LogP contribution is -2.30. The topological polar surface area (TPSA) is 79.5 Å². The van der Waals surface area contributed by atoms with Crippen LogP contribution in [0.4, 0.5) is 16.2 Å². The zero-order chi connectivity index (χ0) is 14.5. The molecule has 1 aromatic rings. The van der Waals surface area contributed by atoms with E-state index in [2.05, 4.69) is 16.0 Å². The maximum Gasteiger partial charge on any atom is 0.319 e. The Kier molecular flexibility index (Phi) is 4.57. The predicted octanol–water partition coefficient (Wildman–Crippen LogP) is 1.94. The molecule has 1 aliphatic rings. The number of carbonyl (C=O) groups excluding carboxylic acids is 2. The Balaban J connectivity index is 1.85. The fraction of sp³-hybridized carbons (Fsp3) is 0.429. The van der Waals surface area contributed by atoms with Crippen LogP contribution >= 0.6 is 0 Å². The number of ether oxygens (including phenoxy) is 1. The standard InChI is InChI=1S/C14H19N3O3/c1-9(20-2)13(18)15-10-3-5-11(6-4-10)16-14(19)17-12-7-8-12/h3-6,9,12H,7-8H2,1-2H3,(H,15,18)(H2,16,17,19). The fourth-order valence-corrected chi connectivity index (χ4v) is 1.57. The van der Waals surface area contributed by atoms with Crippen molar-refractivity contribution in [2.45, 2.75) is 31.9 Å². The summed E-state index contributed by atoms with van der Waals surface area (Å²) in [6.07, 6.45) is 1.60. The molecule has 0 bridgehead atoms. The molecule has 0 radical (unpaired) electrons. The molecule has 0 saturated heterocycles. The smallest absolute Gasteiger partial charge is 0.319 e. The van der Waals surface area contributed by atoms with E-state index in [0.717, 1.165) is 12.8 Å². The third kappa shape index (κ3) is 4.24. The SMILES string of the molecule is COC(C)C(=O)Nc1ccc(NC(=O)NC2CC2)cc1. The molecule has 0 heterocycles. The van der Waals surface area contributed by atoms with E-state index in [1.54, 1.807) is 31.2 Å². The number of benzene rings is 1. The van der Waals surface area contributed by atoms with Gasteiger partial charge in [-0.1, -0.05) is 0 Å². The van der Waals surface area contributed by atoms with Gasteiger partial charge in [-0.15, -0.1) is 0 Å². The van der Waals surface area contributed by atoms with Gasteiger partial charge in [-0.05, 0) is 44.0 Å². The molecule has 108 valence electrons. The highest BCUT2D eigenvalue weighted by Crippen LogP contribution is 2.19. The van der Waals surface area contributed by atoms with Crippen molar-refractivity contribution in [1.82, 2.24) is 5.32 Å². The molecule has 1 aliphatic carbocycles. The van der Waals surface area contributed by atoms with Crippen LogP contribution in [0.15, 0.2) is 24.3 Å². The van der Waals surface area contributed by atoms with Crippen LogP contribution in [0.2, 0.25) is 0 Å². The number of anilines is 2. The Bertz CT molecular complexity index is 483. The van der Waals surface area contributed by atoms with Crippen LogP contribution in [-0.2, 0) is 9.53 Å². The van der Waals surface area contributed by atoms with Gasteiger partial charge in [-0.25, -0.2) is 4.79 Å². The lowest BCUT2D eigenvalue weighted by Gasteiger charge is -2.11. The highest BCUT2D eigenvalue weighted by atomic mass is 16.5. The molecular formula is C14H19N3O3. The van der Waals surface area contributed by atoms with E-state index in [1.807, 2.05) is 0 Å². The van der Waals surface area contributed by atoms with Crippen molar-refractivity contribution in [2.75, 3.05) is 17.7 Å². The van der Waals surface area contributed by atoms with Gasteiger partial charge >= 0.3 is 6.03 Å². The van der Waals surface area contributed by atoms with E-state index < -0.39 is 6.10 Å². The van der Waals surface area contributed by atoms with Gasteiger partial charge in [0.05, 0.1) is 0 Å². The number of nitrogens with one attached hydrogen (secondary N) is 3. The first-order chi connectivity index (χ1) is 9.58. The number of hydrogen-bond acceptors (Lipinski definition) is 3. The zero-order valence-electron chi connectivity index (χ0n) is 11.6. The van der Waals surface area contributed by atoms with E-state index in [0.29, 0.717) is 17.4 Å². The Hall–Kier alpha value is -2.08. The van der Waals surface area contributed by atoms with Crippen molar-refractivity contribution in [2.24, 2.45) is 0 Å². The second-order valence-corrected chi connectivity index (χ2v) is 4.82. The Morgan fingerprint density at radius 1 is 1.15 bits per heavy atom. The van der Waals surface area contributed by atoms with E-state index in [9.17, 15) is 9.59 Å². The van der Waals surface area contributed by atoms with Crippen molar-refractivity contribution in [3.63, 3.8) is 0 Å². The second-order valence-electron chi connectivity index (χ2n) is 4.82. The van der Waals surface area contributed by atoms with Crippen molar-refractivity contribution in [3.8, 4) is 0 Å². The van der Waals surface area contributed by atoms with E-state index in [4.69, 9.17) is 4.74 Å². The molecule has 3 N–H and O–H groups in total. The summed E-state index contributed by atoms with van der Waals surface area (Å²) in [5.41, 5.74) is 1.34. The van der Waals surface area contributed by atoms with Crippen LogP contribution in [0, 0.1) is 0 Å². The molecule has 2 rings (SSSR count). The minimum atomic E-state index is -0.503. The summed E-state index contributed by atoms with van der Waals surface area (Å²) in [5.74, 6) is -0.209. The average molecular weight is 277 g/mol. The van der Waals surface area contributed by atoms with Gasteiger partial charge in [0.2, 0.25) is 0 Å². The summed E-state index contributed by atoms with van der Waals surface area (Å²) in [6, 6.07) is 7.06. The Labute approximate surface area is 117 Å². The lowest BCUT2D eigenvalue weighted by atomic mass is 10.2. The third-order valence-electron chi connectivity index (χ3n) is 3.05. The predicted molar refractivity (Wildman–Crippen MR) is 76.7 cm³/mol. The molecule has 6 nitrogen and oxygen atoms in total. The van der Waals surface area contributed by atoms with Crippen LogP contribution in [0.5, 0.6) is 0 Å². The molecule has 0 spiro atoms. The summed E-state index contributed by atoms with van der Waals surface area (Å²) in [7, 11) is 1.48. The number of rotatable bonds is 5. The normalized spacial score (nSPS) is 15.3. The minimum Gasteiger partial charge on any atom is -0.372 e. The average Bonchev–Trinajstić information content (AvgIpc) is 3.23. The van der Waals surface area contributed by atoms with Crippen LogP contribution in [-0.4, -0.2) is 31.2 Å². The van der Waals surface area contributed by atoms with Crippen LogP contribution in [0.25, 0.3) is 0 Å². The first-order valence-electron chi connectivity index (χ1n) is 6.59. The summed E-state index contributed by atoms with van der Waals surface area (Å²) in [5, 5.41) is 8.30. The number of carbonyl (C=O) groups is 2. The molecule has 3 amide bonds. The summed E-state index contributed by atoms with van der Waals surface area (Å²) < 4.78 is 4.93. The van der Waals surface area contributed by atoms with Gasteiger partial charge < -0.3 is 20.7 Å². The summed E-state index contributed by atoms with van der Waals surface area (Å²) in [6.45, 7) is 1.67. The van der Waals surface area contributed by atoms with Gasteiger partial charge in [0.25, 0.3) is 5.91 Å². The molecule has 1 fully saturated rings. The van der Waals surface area contributed by atoms with E-state index >= 15 is 0 Å². The Morgan fingerprint density at radius 2 is 1.70 bits per heavy atom. The Morgan fingerprint density at radius 3 is 2.20 bits per heavy atom. The fourth-order valence-electron chi connectivity index (χ4n) is 1.57. The van der Waals surface area contributed by atoms with E-state index in [1.165, 1.54) is 7.11 Å². The summed E-state index contributed by atoms with van der Waals surface area (Å²) in [4.78, 5) is 23.2. The maximum atomic E-state index is 11.6. The molecular weight excluding hydrogens is 258 g/mol. The first-order valence-corrected chi connectivity index (χ1v) is 6.59. The van der Waals surface area contributed by atoms with Crippen molar-refractivity contribution in [3.05, 3.63) is 24.3 Å². The minimum absolute atomic E-state index is 0.197. The molecule has 1 aromatic carbocycles. The third-order valence-corrected chi connectivity index (χ3v) is 3.05. The molecule has 1 saturated carbocycles. The molecule has 1 atom stereocenters. The highest BCUT2D eigenvalue weighted by Gasteiger charge is 2.23. The largest absolute Gasteiger partial charge is 0.372 e. The van der Waals surface area contributed by atoms with Crippen molar-refractivity contribution >= 4 is 23.3 Å². The monoisotopic (exact) mass is 277 g/mol. The second kappa shape index (κ2) is 6.38. The van der Waals surface area contributed by atoms with Crippen LogP contribution in [0.1, 0.15) is 19.8 Å². The first kappa shape index (κ1) is 14.3. The summed E-state index contributed by atoms with van der Waals surface area (Å²) >= 11 is 0. The maximum absolute atomic E-state index is 11.6. The number of methoxy groups -OCH3 is 1. The molecule has 1 unspecified atom stereocenters. The number of hydrogen-bond donors (Lipinski definition) is 3. The molecule has 0 aromatic heterocycles. The van der Waals surface area contributed by atoms with E-state index in [-0.39, 0.29) is 11.9 Å². The van der Waals surface area contributed by atoms with Crippen LogP contribution < -0.4 is 16.0 Å². The van der Waals surface area contributed by atoms with Gasteiger partial charge in [0.15, 0.2) is 0 Å². The highest BCUT2D eigenvalue weighted by molar-refractivity contribution is 5.94. The lowest BCUT2D eigenvalue weighted by molar-refractivity contribution is -0.124. The zero-order valence-corrected chi connectivity index (χ0v) is 11.6. The van der Waals surface area contributed by atoms with Gasteiger partial charge in [0, 0.05) is 24.5 Å². The van der Waals surface area contributed by atoms with Gasteiger partial charge in [-0.3, -0.25) is 4.79 Å². The molecule has 20 heavy (non-hydrogen) atoms. The molecule has 6 heteroatoms. The van der Waals surface area contributed by atoms with Crippen molar-refractivity contribution < 1.29 is 14.3 Å². The van der Waals surface area contributed by atoms with Crippen molar-refractivity contribution in [1.29, 1.82) is 0 Å². The quantitative estimate of drug-likeness (QED) is 0.769. The number of amides is 3. The van der Waals surface area contributed by atoms with Crippen LogP contribution in [0.3, 0.4) is 0 Å². The molecule has 0 aliphatic heterocycles. The van der Waals surface area contributed by atoms with Gasteiger partial charge in [0.1, 0.15) is 6.10 Å².